The third-order valence-electron chi connectivity index (χ3n) is 7.36. The summed E-state index contributed by atoms with van der Waals surface area (Å²) in [5.74, 6) is -5.76. The van der Waals surface area contributed by atoms with Gasteiger partial charge in [0.2, 0.25) is 41.4 Å². The van der Waals surface area contributed by atoms with Crippen LogP contribution in [0.3, 0.4) is 0 Å². The van der Waals surface area contributed by atoms with E-state index in [-0.39, 0.29) is 24.7 Å². The topological polar surface area (TPSA) is 284 Å². The molecule has 0 saturated heterocycles. The van der Waals surface area contributed by atoms with E-state index < -0.39 is 97.9 Å². The number of carbonyl (C=O) groups is 7. The van der Waals surface area contributed by atoms with Gasteiger partial charge in [-0.25, -0.2) is 0 Å². The summed E-state index contributed by atoms with van der Waals surface area (Å²) in [6, 6.07) is 2.82. The van der Waals surface area contributed by atoms with Gasteiger partial charge in [-0.1, -0.05) is 64.4 Å². The summed E-state index contributed by atoms with van der Waals surface area (Å²) in [5.41, 5.74) is 11.8. The number of amides is 7. The predicted molar refractivity (Wildman–Crippen MR) is 174 cm³/mol. The van der Waals surface area contributed by atoms with Gasteiger partial charge in [-0.2, -0.15) is 0 Å². The summed E-state index contributed by atoms with van der Waals surface area (Å²) >= 11 is 0. The lowest BCUT2D eigenvalue weighted by molar-refractivity contribution is -0.135. The lowest BCUT2D eigenvalue weighted by atomic mass is 9.98. The van der Waals surface area contributed by atoms with Crippen LogP contribution >= 0.6 is 0 Å². The van der Waals surface area contributed by atoms with Gasteiger partial charge in [0.15, 0.2) is 0 Å². The summed E-state index contributed by atoms with van der Waals surface area (Å²) in [4.78, 5) is 87.6. The van der Waals surface area contributed by atoms with Crippen LogP contribution in [0, 0.1) is 11.8 Å². The number of primary amides is 1. The van der Waals surface area contributed by atoms with Crippen LogP contribution < -0.4 is 43.4 Å². The van der Waals surface area contributed by atoms with Gasteiger partial charge in [0.1, 0.15) is 24.2 Å². The minimum Gasteiger partial charge on any atom is -0.394 e. The Morgan fingerprint density at radius 2 is 1.23 bits per heavy atom. The Hall–Kier alpha value is -4.61. The fourth-order valence-electron chi connectivity index (χ4n) is 4.27. The van der Waals surface area contributed by atoms with Crippen LogP contribution in [0.5, 0.6) is 0 Å². The molecule has 1 aromatic carbocycles. The maximum Gasteiger partial charge on any atom is 0.245 e. The molecule has 48 heavy (non-hydrogen) atoms. The number of hydrogen-bond donors (Lipinski definition) is 10. The third kappa shape index (κ3) is 14.9. The molecule has 268 valence electrons. The van der Waals surface area contributed by atoms with Gasteiger partial charge < -0.3 is 53.6 Å². The first-order valence-corrected chi connectivity index (χ1v) is 15.7. The molecule has 1 aromatic rings. The molecule has 0 aliphatic heterocycles. The van der Waals surface area contributed by atoms with Crippen molar-refractivity contribution in [2.75, 3.05) is 26.3 Å². The number of aliphatic hydroxyl groups excluding tert-OH is 2. The van der Waals surface area contributed by atoms with E-state index in [4.69, 9.17) is 16.6 Å². The van der Waals surface area contributed by atoms with Crippen LogP contribution in [-0.4, -0.2) is 108 Å². The zero-order chi connectivity index (χ0) is 36.4. The molecule has 0 fully saturated rings. The monoisotopic (exact) mass is 678 g/mol. The summed E-state index contributed by atoms with van der Waals surface area (Å²) in [7, 11) is 0. The van der Waals surface area contributed by atoms with Crippen LogP contribution in [0.2, 0.25) is 0 Å². The normalized spacial score (nSPS) is 14.7. The summed E-state index contributed by atoms with van der Waals surface area (Å²) < 4.78 is 0. The maximum absolute atomic E-state index is 13.4. The Kier molecular flexibility index (Phi) is 18.4. The van der Waals surface area contributed by atoms with E-state index in [1.165, 1.54) is 0 Å². The fourth-order valence-corrected chi connectivity index (χ4v) is 4.27. The van der Waals surface area contributed by atoms with Gasteiger partial charge in [-0.3, -0.25) is 33.6 Å². The number of rotatable bonds is 21. The highest BCUT2D eigenvalue weighted by Gasteiger charge is 2.31. The van der Waals surface area contributed by atoms with E-state index in [9.17, 15) is 38.7 Å². The highest BCUT2D eigenvalue weighted by molar-refractivity contribution is 5.96. The summed E-state index contributed by atoms with van der Waals surface area (Å²) in [6.07, 6.45) is 0.832. The molecule has 0 aromatic heterocycles. The number of carbonyl (C=O) groups excluding carboxylic acids is 7. The molecular weight excluding hydrogens is 628 g/mol. The lowest BCUT2D eigenvalue weighted by Crippen LogP contribution is -2.59. The molecular formula is C31H50N8O9. The standard InChI is InChI=1S/C31H50N8O9/c1-5-18(4)26(32)31(48)38-21(12-19-9-7-6-8-10-19)29(46)39-23(16-41)30(47)37-20(11-17(2)3)28(45)35-13-24(42)34-14-25(43)36-22(15-40)27(33)44/h6-10,17-18,20-23,26,40-41H,5,11-16,32H2,1-4H3,(H2,33,44)(H,34,42)(H,35,45)(H,36,43)(H,37,47)(H,38,48)(H,39,46)/t18-,20-,21-,22-,23-,26-/m0/s1. The van der Waals surface area contributed by atoms with E-state index in [1.807, 2.05) is 6.92 Å². The molecule has 0 aliphatic carbocycles. The van der Waals surface area contributed by atoms with Crippen molar-refractivity contribution >= 4 is 41.4 Å². The number of benzene rings is 1. The predicted octanol–water partition coefficient (Wildman–Crippen LogP) is -3.71. The van der Waals surface area contributed by atoms with Crippen molar-refractivity contribution < 1.29 is 43.8 Å². The molecule has 17 heteroatoms. The Morgan fingerprint density at radius 3 is 1.77 bits per heavy atom. The number of hydrogen-bond acceptors (Lipinski definition) is 10. The Morgan fingerprint density at radius 1 is 0.688 bits per heavy atom. The van der Waals surface area contributed by atoms with Gasteiger partial charge in [-0.15, -0.1) is 0 Å². The van der Waals surface area contributed by atoms with Crippen LogP contribution in [0.4, 0.5) is 0 Å². The molecule has 6 atom stereocenters. The largest absolute Gasteiger partial charge is 0.394 e. The minimum atomic E-state index is -1.50. The van der Waals surface area contributed by atoms with Crippen molar-refractivity contribution in [1.29, 1.82) is 0 Å². The van der Waals surface area contributed by atoms with Gasteiger partial charge >= 0.3 is 0 Å². The second-order valence-corrected chi connectivity index (χ2v) is 11.8. The van der Waals surface area contributed by atoms with Crippen molar-refractivity contribution in [3.05, 3.63) is 35.9 Å². The van der Waals surface area contributed by atoms with Crippen molar-refractivity contribution in [3.8, 4) is 0 Å². The van der Waals surface area contributed by atoms with Gasteiger partial charge in [0.25, 0.3) is 0 Å². The number of nitrogens with two attached hydrogens (primary N) is 2. The SMILES string of the molecule is CC[C@H](C)[C@H](N)C(=O)N[C@@H](Cc1ccccc1)C(=O)N[C@@H](CO)C(=O)N[C@@H](CC(C)C)C(=O)NCC(=O)NCC(=O)N[C@@H](CO)C(N)=O. The van der Waals surface area contributed by atoms with Crippen LogP contribution in [0.25, 0.3) is 0 Å². The molecule has 17 nitrogen and oxygen atoms in total. The molecule has 0 aliphatic rings. The number of nitrogens with one attached hydrogen (secondary N) is 6. The molecule has 1 rings (SSSR count). The Bertz CT molecular complexity index is 1250. The second-order valence-electron chi connectivity index (χ2n) is 11.8. The van der Waals surface area contributed by atoms with Gasteiger partial charge in [-0.05, 0) is 23.8 Å². The molecule has 0 radical (unpaired) electrons. The molecule has 0 heterocycles. The average Bonchev–Trinajstić information content (AvgIpc) is 3.05. The molecule has 7 amide bonds. The van der Waals surface area contributed by atoms with Crippen molar-refractivity contribution in [1.82, 2.24) is 31.9 Å². The average molecular weight is 679 g/mol. The van der Waals surface area contributed by atoms with E-state index in [0.717, 1.165) is 5.56 Å². The maximum atomic E-state index is 13.4. The van der Waals surface area contributed by atoms with Gasteiger partial charge in [0, 0.05) is 6.42 Å². The van der Waals surface area contributed by atoms with Crippen LogP contribution in [-0.2, 0) is 40.0 Å². The van der Waals surface area contributed by atoms with Gasteiger partial charge in [0.05, 0.1) is 32.3 Å². The first-order valence-electron chi connectivity index (χ1n) is 15.7. The molecule has 12 N–H and O–H groups in total. The molecule has 0 unspecified atom stereocenters. The third-order valence-corrected chi connectivity index (χ3v) is 7.36. The van der Waals surface area contributed by atoms with E-state index in [1.54, 1.807) is 51.1 Å². The fraction of sp³-hybridized carbons (Fsp3) is 0.581. The quantitative estimate of drug-likeness (QED) is 0.0607. The van der Waals surface area contributed by atoms with Crippen LogP contribution in [0.15, 0.2) is 30.3 Å². The van der Waals surface area contributed by atoms with Crippen LogP contribution in [0.1, 0.15) is 46.1 Å². The lowest BCUT2D eigenvalue weighted by Gasteiger charge is -2.26. The van der Waals surface area contributed by atoms with Crippen molar-refractivity contribution in [2.45, 2.75) is 77.2 Å². The molecule has 0 spiro atoms. The summed E-state index contributed by atoms with van der Waals surface area (Å²) in [5, 5.41) is 33.3. The molecule has 0 saturated carbocycles. The first kappa shape index (κ1) is 41.4. The Balaban J connectivity index is 2.91. The second kappa shape index (κ2) is 21.3. The molecule has 0 bridgehead atoms. The van der Waals surface area contributed by atoms with Crippen molar-refractivity contribution in [2.24, 2.45) is 23.3 Å². The van der Waals surface area contributed by atoms with Crippen molar-refractivity contribution in [3.63, 3.8) is 0 Å². The first-order chi connectivity index (χ1) is 22.6. The van der Waals surface area contributed by atoms with E-state index in [2.05, 4.69) is 31.9 Å². The Labute approximate surface area is 279 Å². The zero-order valence-corrected chi connectivity index (χ0v) is 27.8. The smallest absolute Gasteiger partial charge is 0.245 e. The number of aliphatic hydroxyl groups is 2. The van der Waals surface area contributed by atoms with E-state index >= 15 is 0 Å². The highest BCUT2D eigenvalue weighted by atomic mass is 16.3. The van der Waals surface area contributed by atoms with E-state index in [0.29, 0.717) is 6.42 Å². The highest BCUT2D eigenvalue weighted by Crippen LogP contribution is 2.09. The minimum absolute atomic E-state index is 0.0701. The zero-order valence-electron chi connectivity index (χ0n) is 27.8. The summed E-state index contributed by atoms with van der Waals surface area (Å²) in [6.45, 7) is 4.55.